The number of carbonyl (C=O) groups excluding carboxylic acids is 1. The summed E-state index contributed by atoms with van der Waals surface area (Å²) in [5.74, 6) is 0.259. The molecule has 19 heavy (non-hydrogen) atoms. The van der Waals surface area contributed by atoms with Crippen LogP contribution in [0.25, 0.3) is 0 Å². The van der Waals surface area contributed by atoms with Gasteiger partial charge in [0, 0.05) is 15.3 Å². The maximum Gasteiger partial charge on any atom is 0.255 e. The lowest BCUT2D eigenvalue weighted by atomic mass is 10.2. The highest BCUT2D eigenvalue weighted by atomic mass is 127. The number of hydrogen-bond donors (Lipinski definition) is 1. The molecule has 0 spiro atoms. The van der Waals surface area contributed by atoms with Gasteiger partial charge < -0.3 is 10.1 Å². The van der Waals surface area contributed by atoms with Gasteiger partial charge in [0.2, 0.25) is 5.88 Å². The standard InChI is InChI=1S/C14H13IN2O2/c1-2-19-14-12(4-3-9-16-14)17-13(18)10-5-7-11(15)8-6-10/h3-9H,2H2,1H3,(H,17,18). The maximum atomic E-state index is 12.1. The van der Waals surface area contributed by atoms with Crippen molar-refractivity contribution >= 4 is 34.2 Å². The molecule has 2 aromatic rings. The van der Waals surface area contributed by atoms with E-state index in [9.17, 15) is 4.79 Å². The van der Waals surface area contributed by atoms with Crippen LogP contribution in [0.1, 0.15) is 17.3 Å². The molecule has 0 aliphatic heterocycles. The summed E-state index contributed by atoms with van der Waals surface area (Å²) in [6.45, 7) is 2.38. The Morgan fingerprint density at radius 3 is 2.74 bits per heavy atom. The summed E-state index contributed by atoms with van der Waals surface area (Å²) in [7, 11) is 0. The van der Waals surface area contributed by atoms with E-state index in [4.69, 9.17) is 4.74 Å². The van der Waals surface area contributed by atoms with Gasteiger partial charge in [0.25, 0.3) is 5.91 Å². The zero-order valence-electron chi connectivity index (χ0n) is 10.4. The second kappa shape index (κ2) is 6.51. The number of rotatable bonds is 4. The Morgan fingerprint density at radius 2 is 2.05 bits per heavy atom. The van der Waals surface area contributed by atoms with E-state index in [1.165, 1.54) is 0 Å². The van der Waals surface area contributed by atoms with Crippen molar-refractivity contribution < 1.29 is 9.53 Å². The summed E-state index contributed by atoms with van der Waals surface area (Å²) >= 11 is 2.20. The Hall–Kier alpha value is -1.63. The van der Waals surface area contributed by atoms with Gasteiger partial charge in [-0.2, -0.15) is 0 Å². The SMILES string of the molecule is CCOc1ncccc1NC(=O)c1ccc(I)cc1. The van der Waals surface area contributed by atoms with Crippen molar-refractivity contribution in [3.05, 3.63) is 51.7 Å². The number of halogens is 1. The van der Waals surface area contributed by atoms with Gasteiger partial charge in [0.1, 0.15) is 5.69 Å². The molecule has 1 aromatic carbocycles. The van der Waals surface area contributed by atoms with Gasteiger partial charge in [-0.25, -0.2) is 4.98 Å². The fraction of sp³-hybridized carbons (Fsp3) is 0.143. The van der Waals surface area contributed by atoms with E-state index in [1.807, 2.05) is 19.1 Å². The van der Waals surface area contributed by atoms with Crippen LogP contribution < -0.4 is 10.1 Å². The molecular formula is C14H13IN2O2. The summed E-state index contributed by atoms with van der Waals surface area (Å²) in [5.41, 5.74) is 1.18. The molecule has 1 heterocycles. The summed E-state index contributed by atoms with van der Waals surface area (Å²) in [6.07, 6.45) is 1.63. The molecule has 0 saturated carbocycles. The van der Waals surface area contributed by atoms with E-state index in [2.05, 4.69) is 32.9 Å². The number of nitrogens with zero attached hydrogens (tertiary/aromatic N) is 1. The molecule has 1 N–H and O–H groups in total. The fourth-order valence-electron chi connectivity index (χ4n) is 1.53. The molecule has 1 aromatic heterocycles. The summed E-state index contributed by atoms with van der Waals surface area (Å²) < 4.78 is 6.45. The minimum Gasteiger partial charge on any atom is -0.476 e. The van der Waals surface area contributed by atoms with Crippen molar-refractivity contribution in [2.24, 2.45) is 0 Å². The van der Waals surface area contributed by atoms with Crippen LogP contribution in [0.3, 0.4) is 0 Å². The third-order valence-electron chi connectivity index (χ3n) is 2.41. The van der Waals surface area contributed by atoms with Crippen LogP contribution in [0, 0.1) is 3.57 Å². The van der Waals surface area contributed by atoms with Crippen LogP contribution >= 0.6 is 22.6 Å². The minimum atomic E-state index is -0.176. The van der Waals surface area contributed by atoms with E-state index in [-0.39, 0.29) is 5.91 Å². The predicted octanol–water partition coefficient (Wildman–Crippen LogP) is 3.34. The van der Waals surface area contributed by atoms with E-state index in [0.717, 1.165) is 3.57 Å². The number of amides is 1. The highest BCUT2D eigenvalue weighted by Crippen LogP contribution is 2.21. The van der Waals surface area contributed by atoms with Crippen molar-refractivity contribution in [1.82, 2.24) is 4.98 Å². The highest BCUT2D eigenvalue weighted by molar-refractivity contribution is 14.1. The van der Waals surface area contributed by atoms with Crippen LogP contribution in [0.2, 0.25) is 0 Å². The van der Waals surface area contributed by atoms with E-state index >= 15 is 0 Å². The molecule has 2 rings (SSSR count). The topological polar surface area (TPSA) is 51.2 Å². The summed E-state index contributed by atoms with van der Waals surface area (Å²) in [5, 5.41) is 2.80. The van der Waals surface area contributed by atoms with Crippen LogP contribution in [0.4, 0.5) is 5.69 Å². The van der Waals surface area contributed by atoms with Gasteiger partial charge in [-0.3, -0.25) is 4.79 Å². The Bertz CT molecular complexity index is 570. The molecule has 0 saturated heterocycles. The van der Waals surface area contributed by atoms with E-state index in [0.29, 0.717) is 23.7 Å². The van der Waals surface area contributed by atoms with Crippen LogP contribution in [0.15, 0.2) is 42.6 Å². The number of carbonyl (C=O) groups is 1. The molecule has 0 unspecified atom stereocenters. The first-order valence-corrected chi connectivity index (χ1v) is 6.93. The predicted molar refractivity (Wildman–Crippen MR) is 82.5 cm³/mol. The average Bonchev–Trinajstić information content (AvgIpc) is 2.42. The lowest BCUT2D eigenvalue weighted by Gasteiger charge is -2.10. The molecular weight excluding hydrogens is 355 g/mol. The molecule has 0 radical (unpaired) electrons. The van der Waals surface area contributed by atoms with Crippen LogP contribution in [-0.4, -0.2) is 17.5 Å². The fourth-order valence-corrected chi connectivity index (χ4v) is 1.89. The number of pyridine rings is 1. The lowest BCUT2D eigenvalue weighted by Crippen LogP contribution is -2.13. The molecule has 0 aliphatic carbocycles. The quantitative estimate of drug-likeness (QED) is 0.843. The number of benzene rings is 1. The van der Waals surface area contributed by atoms with Crippen molar-refractivity contribution in [1.29, 1.82) is 0 Å². The second-order valence-electron chi connectivity index (χ2n) is 3.75. The third kappa shape index (κ3) is 3.66. The van der Waals surface area contributed by atoms with Gasteiger partial charge >= 0.3 is 0 Å². The first-order chi connectivity index (χ1) is 9.20. The highest BCUT2D eigenvalue weighted by Gasteiger charge is 2.10. The molecule has 0 fully saturated rings. The largest absolute Gasteiger partial charge is 0.476 e. The molecule has 98 valence electrons. The lowest BCUT2D eigenvalue weighted by molar-refractivity contribution is 0.102. The van der Waals surface area contributed by atoms with Crippen molar-refractivity contribution in [2.75, 3.05) is 11.9 Å². The van der Waals surface area contributed by atoms with Crippen molar-refractivity contribution in [3.63, 3.8) is 0 Å². The molecule has 0 atom stereocenters. The van der Waals surface area contributed by atoms with Crippen molar-refractivity contribution in [3.8, 4) is 5.88 Å². The van der Waals surface area contributed by atoms with Crippen LogP contribution in [-0.2, 0) is 0 Å². The molecule has 0 aliphatic rings. The van der Waals surface area contributed by atoms with Gasteiger partial charge in [-0.05, 0) is 65.9 Å². The number of aromatic nitrogens is 1. The zero-order valence-corrected chi connectivity index (χ0v) is 12.5. The Kier molecular flexibility index (Phi) is 4.73. The second-order valence-corrected chi connectivity index (χ2v) is 5.00. The average molecular weight is 368 g/mol. The Balaban J connectivity index is 2.16. The smallest absolute Gasteiger partial charge is 0.255 e. The molecule has 5 heteroatoms. The summed E-state index contributed by atoms with van der Waals surface area (Å²) in [6, 6.07) is 10.9. The summed E-state index contributed by atoms with van der Waals surface area (Å²) in [4.78, 5) is 16.2. The normalized spacial score (nSPS) is 10.0. The van der Waals surface area contributed by atoms with Gasteiger partial charge in [-0.15, -0.1) is 0 Å². The first-order valence-electron chi connectivity index (χ1n) is 5.85. The number of hydrogen-bond acceptors (Lipinski definition) is 3. The zero-order chi connectivity index (χ0) is 13.7. The Morgan fingerprint density at radius 1 is 1.32 bits per heavy atom. The number of anilines is 1. The number of nitrogens with one attached hydrogen (secondary N) is 1. The molecule has 1 amide bonds. The first kappa shape index (κ1) is 13.8. The Labute approximate surface area is 125 Å². The van der Waals surface area contributed by atoms with Gasteiger partial charge in [0.15, 0.2) is 0 Å². The van der Waals surface area contributed by atoms with Gasteiger partial charge in [-0.1, -0.05) is 0 Å². The van der Waals surface area contributed by atoms with Crippen molar-refractivity contribution in [2.45, 2.75) is 6.92 Å². The molecule has 0 bridgehead atoms. The van der Waals surface area contributed by atoms with Gasteiger partial charge in [0.05, 0.1) is 6.61 Å². The third-order valence-corrected chi connectivity index (χ3v) is 3.13. The minimum absolute atomic E-state index is 0.176. The van der Waals surface area contributed by atoms with E-state index < -0.39 is 0 Å². The van der Waals surface area contributed by atoms with Crippen LogP contribution in [0.5, 0.6) is 5.88 Å². The van der Waals surface area contributed by atoms with E-state index in [1.54, 1.807) is 30.5 Å². The maximum absolute atomic E-state index is 12.1. The number of ether oxygens (including phenoxy) is 1. The molecule has 4 nitrogen and oxygen atoms in total. The monoisotopic (exact) mass is 368 g/mol.